The Kier molecular flexibility index (Phi) is 5.02. The Bertz CT molecular complexity index is 891. The third-order valence-corrected chi connectivity index (χ3v) is 6.98. The molecule has 0 aliphatic carbocycles. The molecule has 0 saturated carbocycles. The van der Waals surface area contributed by atoms with Crippen molar-refractivity contribution in [2.45, 2.75) is 70.4 Å². The van der Waals surface area contributed by atoms with Crippen molar-refractivity contribution in [1.29, 1.82) is 0 Å². The normalized spacial score (nSPS) is 22.7. The zero-order chi connectivity index (χ0) is 19.8. The van der Waals surface area contributed by atoms with Gasteiger partial charge >= 0.3 is 0 Å². The van der Waals surface area contributed by atoms with Crippen molar-refractivity contribution < 1.29 is 4.79 Å². The number of hydrogen-bond acceptors (Lipinski definition) is 4. The summed E-state index contributed by atoms with van der Waals surface area (Å²) in [6.45, 7) is 5.66. The van der Waals surface area contributed by atoms with Crippen molar-refractivity contribution in [3.8, 4) is 0 Å². The van der Waals surface area contributed by atoms with Crippen LogP contribution in [0.15, 0.2) is 24.3 Å². The van der Waals surface area contributed by atoms with Crippen molar-refractivity contribution >= 4 is 11.6 Å². The fraction of sp³-hybridized carbons (Fsp3) is 0.609. The van der Waals surface area contributed by atoms with Crippen LogP contribution < -0.4 is 4.90 Å². The molecule has 2 aromatic rings. The fourth-order valence-corrected chi connectivity index (χ4v) is 5.36. The molecule has 3 aliphatic heterocycles. The van der Waals surface area contributed by atoms with Gasteiger partial charge in [0.2, 0.25) is 5.91 Å². The van der Waals surface area contributed by atoms with Crippen LogP contribution >= 0.6 is 0 Å². The minimum Gasteiger partial charge on any atom is -0.359 e. The van der Waals surface area contributed by atoms with Gasteiger partial charge in [0.1, 0.15) is 17.7 Å². The van der Waals surface area contributed by atoms with Crippen LogP contribution in [0.2, 0.25) is 0 Å². The molecule has 1 aromatic heterocycles. The molecule has 0 N–H and O–H groups in total. The van der Waals surface area contributed by atoms with Gasteiger partial charge in [0.15, 0.2) is 0 Å². The number of benzene rings is 1. The maximum Gasteiger partial charge on any atom is 0.245 e. The Morgan fingerprint density at radius 3 is 2.86 bits per heavy atom. The lowest BCUT2D eigenvalue weighted by molar-refractivity contribution is -0.133. The van der Waals surface area contributed by atoms with Gasteiger partial charge in [0.05, 0.1) is 0 Å². The van der Waals surface area contributed by atoms with Crippen molar-refractivity contribution in [2.24, 2.45) is 0 Å². The predicted molar refractivity (Wildman–Crippen MR) is 113 cm³/mol. The van der Waals surface area contributed by atoms with E-state index in [1.54, 1.807) is 0 Å². The lowest BCUT2D eigenvalue weighted by atomic mass is 9.96. The van der Waals surface area contributed by atoms with Crippen LogP contribution in [-0.4, -0.2) is 51.2 Å². The lowest BCUT2D eigenvalue weighted by Gasteiger charge is -2.36. The highest BCUT2D eigenvalue weighted by atomic mass is 16.2. The minimum absolute atomic E-state index is 0.118. The summed E-state index contributed by atoms with van der Waals surface area (Å²) in [5, 5.41) is 9.06. The van der Waals surface area contributed by atoms with Crippen LogP contribution in [-0.2, 0) is 24.2 Å². The summed E-state index contributed by atoms with van der Waals surface area (Å²) < 4.78 is 2.35. The summed E-state index contributed by atoms with van der Waals surface area (Å²) in [6.07, 6.45) is 7.90. The molecule has 0 bridgehead atoms. The molecule has 6 nitrogen and oxygen atoms in total. The Morgan fingerprint density at radius 1 is 1.03 bits per heavy atom. The number of para-hydroxylation sites is 1. The van der Waals surface area contributed by atoms with Crippen LogP contribution in [0.25, 0.3) is 0 Å². The quantitative estimate of drug-likeness (QED) is 0.804. The number of piperidine rings is 1. The number of likely N-dealkylation sites (tertiary alicyclic amines) is 1. The molecule has 1 fully saturated rings. The van der Waals surface area contributed by atoms with Gasteiger partial charge in [-0.3, -0.25) is 4.79 Å². The smallest absolute Gasteiger partial charge is 0.245 e. The van der Waals surface area contributed by atoms with E-state index in [1.165, 1.54) is 30.5 Å². The summed E-state index contributed by atoms with van der Waals surface area (Å²) in [7, 11) is 0. The van der Waals surface area contributed by atoms with Gasteiger partial charge in [0, 0.05) is 44.2 Å². The van der Waals surface area contributed by atoms with Crippen molar-refractivity contribution in [3.05, 3.63) is 41.5 Å². The second kappa shape index (κ2) is 7.81. The van der Waals surface area contributed by atoms with E-state index >= 15 is 0 Å². The van der Waals surface area contributed by atoms with Gasteiger partial charge in [-0.25, -0.2) is 0 Å². The van der Waals surface area contributed by atoms with E-state index in [9.17, 15) is 4.79 Å². The van der Waals surface area contributed by atoms with Crippen LogP contribution in [0.5, 0.6) is 0 Å². The minimum atomic E-state index is -0.118. The van der Waals surface area contributed by atoms with E-state index in [0.717, 1.165) is 63.5 Å². The molecule has 4 heterocycles. The van der Waals surface area contributed by atoms with E-state index < -0.39 is 0 Å². The summed E-state index contributed by atoms with van der Waals surface area (Å²) in [5.41, 5.74) is 2.58. The Morgan fingerprint density at radius 2 is 1.93 bits per heavy atom. The summed E-state index contributed by atoms with van der Waals surface area (Å²) in [6, 6.07) is 8.37. The van der Waals surface area contributed by atoms with Crippen molar-refractivity contribution in [1.82, 2.24) is 19.7 Å². The Labute approximate surface area is 172 Å². The van der Waals surface area contributed by atoms with E-state index in [0.29, 0.717) is 5.92 Å². The molecular weight excluding hydrogens is 362 g/mol. The maximum atomic E-state index is 13.4. The summed E-state index contributed by atoms with van der Waals surface area (Å²) in [5.74, 6) is 2.81. The maximum absolute atomic E-state index is 13.4. The van der Waals surface area contributed by atoms with Crippen LogP contribution in [0.4, 0.5) is 5.69 Å². The van der Waals surface area contributed by atoms with E-state index in [4.69, 9.17) is 0 Å². The molecule has 29 heavy (non-hydrogen) atoms. The molecule has 1 amide bonds. The molecule has 6 heteroatoms. The zero-order valence-electron chi connectivity index (χ0n) is 17.4. The van der Waals surface area contributed by atoms with Gasteiger partial charge in [-0.1, -0.05) is 24.6 Å². The first-order chi connectivity index (χ1) is 14.2. The number of carbonyl (C=O) groups excluding carboxylic acids is 1. The number of carbonyl (C=O) groups is 1. The monoisotopic (exact) mass is 393 g/mol. The van der Waals surface area contributed by atoms with Crippen LogP contribution in [0.3, 0.4) is 0 Å². The molecule has 5 rings (SSSR count). The number of aryl methyl sites for hydroxylation is 1. The first-order valence-corrected chi connectivity index (χ1v) is 11.3. The van der Waals surface area contributed by atoms with Crippen LogP contribution in [0, 0.1) is 0 Å². The molecule has 154 valence electrons. The number of anilines is 1. The highest BCUT2D eigenvalue weighted by molar-refractivity contribution is 5.86. The first-order valence-electron chi connectivity index (χ1n) is 11.3. The average molecular weight is 394 g/mol. The van der Waals surface area contributed by atoms with E-state index in [1.807, 2.05) is 0 Å². The number of amides is 1. The standard InChI is InChI=1S/C23H31N5O/c1-17(27-15-12-18-8-4-5-10-20(18)27)23(29)26-13-7-9-19(16-26)22-25-24-21-11-3-2-6-14-28(21)22/h4-5,8,10,17,19H,2-3,6-7,9,11-16H2,1H3. The molecule has 0 radical (unpaired) electrons. The number of aromatic nitrogens is 3. The zero-order valence-corrected chi connectivity index (χ0v) is 17.4. The van der Waals surface area contributed by atoms with Gasteiger partial charge in [0.25, 0.3) is 0 Å². The van der Waals surface area contributed by atoms with E-state index in [2.05, 4.69) is 55.8 Å². The van der Waals surface area contributed by atoms with Gasteiger partial charge in [-0.15, -0.1) is 10.2 Å². The Balaban J connectivity index is 1.31. The Hall–Kier alpha value is -2.37. The SMILES string of the molecule is CC(C(=O)N1CCCC(c2nnc3n2CCCCC3)C1)N1CCc2ccccc21. The number of hydrogen-bond donors (Lipinski definition) is 0. The predicted octanol–water partition coefficient (Wildman–Crippen LogP) is 3.16. The molecular formula is C23H31N5O. The van der Waals surface area contributed by atoms with Gasteiger partial charge < -0.3 is 14.4 Å². The largest absolute Gasteiger partial charge is 0.359 e. The third-order valence-electron chi connectivity index (χ3n) is 6.98. The second-order valence-corrected chi connectivity index (χ2v) is 8.81. The topological polar surface area (TPSA) is 54.3 Å². The fourth-order valence-electron chi connectivity index (χ4n) is 5.36. The average Bonchev–Trinajstić information content (AvgIpc) is 3.30. The molecule has 0 spiro atoms. The second-order valence-electron chi connectivity index (χ2n) is 8.81. The number of rotatable bonds is 3. The van der Waals surface area contributed by atoms with Crippen molar-refractivity contribution in [2.75, 3.05) is 24.5 Å². The molecule has 3 aliphatic rings. The van der Waals surface area contributed by atoms with Gasteiger partial charge in [-0.05, 0) is 50.7 Å². The summed E-state index contributed by atoms with van der Waals surface area (Å²) >= 11 is 0. The molecule has 1 saturated heterocycles. The number of fused-ring (bicyclic) bond motifs is 2. The highest BCUT2D eigenvalue weighted by Crippen LogP contribution is 2.32. The molecule has 2 atom stereocenters. The lowest BCUT2D eigenvalue weighted by Crippen LogP contribution is -2.49. The summed E-state index contributed by atoms with van der Waals surface area (Å²) in [4.78, 5) is 17.8. The molecule has 1 aromatic carbocycles. The van der Waals surface area contributed by atoms with Crippen LogP contribution in [0.1, 0.15) is 62.2 Å². The van der Waals surface area contributed by atoms with Crippen molar-refractivity contribution in [3.63, 3.8) is 0 Å². The molecule has 2 unspecified atom stereocenters. The third kappa shape index (κ3) is 3.43. The number of nitrogens with zero attached hydrogens (tertiary/aromatic N) is 5. The highest BCUT2D eigenvalue weighted by Gasteiger charge is 2.34. The van der Waals surface area contributed by atoms with E-state index in [-0.39, 0.29) is 11.9 Å². The van der Waals surface area contributed by atoms with Gasteiger partial charge in [-0.2, -0.15) is 0 Å². The first kappa shape index (κ1) is 18.6.